The third kappa shape index (κ3) is 4.23. The molecule has 7 heterocycles. The SMILES string of the molecule is C=C1CC2C(CCc3ccccc3-c3cccc[n+]31)c1cc3c(cc1-c1cc(C(C)(C)C)cc[n+]12)c1cccc2c4ccc5oc6ccccc6c5c4n3c12. The van der Waals surface area contributed by atoms with Crippen molar-refractivity contribution < 1.29 is 13.6 Å². The molecule has 12 rings (SSSR count). The predicted octanol–water partition coefficient (Wildman–Crippen LogP) is 12.1. The van der Waals surface area contributed by atoms with Crippen LogP contribution in [0, 0.1) is 0 Å². The molecule has 4 heteroatoms. The second-order valence-corrected chi connectivity index (χ2v) is 17.0. The molecule has 5 aromatic carbocycles. The van der Waals surface area contributed by atoms with Crippen LogP contribution in [0.25, 0.3) is 88.2 Å². The van der Waals surface area contributed by atoms with Crippen LogP contribution in [0.5, 0.6) is 0 Å². The van der Waals surface area contributed by atoms with Gasteiger partial charge in [0, 0.05) is 62.7 Å². The lowest BCUT2D eigenvalue weighted by atomic mass is 9.76. The van der Waals surface area contributed by atoms with Crippen molar-refractivity contribution in [2.75, 3.05) is 0 Å². The monoisotopic (exact) mass is 711 g/mol. The minimum absolute atomic E-state index is 0.0172. The van der Waals surface area contributed by atoms with Gasteiger partial charge in [-0.1, -0.05) is 75.4 Å². The normalized spacial score (nSPS) is 17.2. The summed E-state index contributed by atoms with van der Waals surface area (Å²) in [5, 5.41) is 7.52. The van der Waals surface area contributed by atoms with Crippen LogP contribution >= 0.6 is 0 Å². The fraction of sp³-hybridized carbons (Fsp3) is 0.176. The number of fused-ring (bicyclic) bond motifs is 19. The number of aryl methyl sites for hydroxylation is 1. The van der Waals surface area contributed by atoms with Gasteiger partial charge in [-0.05, 0) is 84.0 Å². The highest BCUT2D eigenvalue weighted by Gasteiger charge is 2.43. The van der Waals surface area contributed by atoms with Crippen molar-refractivity contribution in [3.63, 3.8) is 0 Å². The van der Waals surface area contributed by atoms with Gasteiger partial charge in [-0.3, -0.25) is 0 Å². The molecular weight excluding hydrogens is 671 g/mol. The molecule has 0 fully saturated rings. The Kier molecular flexibility index (Phi) is 6.18. The molecule has 0 spiro atoms. The van der Waals surface area contributed by atoms with Gasteiger partial charge in [0.2, 0.25) is 11.4 Å². The number of para-hydroxylation sites is 2. The van der Waals surface area contributed by atoms with Crippen molar-refractivity contribution in [2.45, 2.75) is 57.4 Å². The molecule has 5 aromatic heterocycles. The van der Waals surface area contributed by atoms with Gasteiger partial charge in [0.05, 0.1) is 33.9 Å². The molecule has 0 N–H and O–H groups in total. The molecule has 2 aliphatic rings. The number of allylic oxidation sites excluding steroid dienone is 1. The molecule has 2 aliphatic heterocycles. The number of aromatic nitrogens is 3. The maximum absolute atomic E-state index is 6.49. The highest BCUT2D eigenvalue weighted by Crippen LogP contribution is 2.49. The third-order valence-corrected chi connectivity index (χ3v) is 13.0. The van der Waals surface area contributed by atoms with Gasteiger partial charge in [-0.25, -0.2) is 0 Å². The van der Waals surface area contributed by atoms with Gasteiger partial charge in [-0.2, -0.15) is 9.13 Å². The van der Waals surface area contributed by atoms with Gasteiger partial charge >= 0.3 is 0 Å². The topological polar surface area (TPSA) is 25.3 Å². The van der Waals surface area contributed by atoms with Gasteiger partial charge in [0.25, 0.3) is 0 Å². The van der Waals surface area contributed by atoms with Crippen LogP contribution in [0.1, 0.15) is 62.3 Å². The Hall–Kier alpha value is -6.26. The van der Waals surface area contributed by atoms with Crippen LogP contribution in [0.15, 0.2) is 145 Å². The molecule has 0 bridgehead atoms. The van der Waals surface area contributed by atoms with Crippen LogP contribution < -0.4 is 9.13 Å². The van der Waals surface area contributed by atoms with Crippen molar-refractivity contribution >= 4 is 65.7 Å². The van der Waals surface area contributed by atoms with Crippen molar-refractivity contribution in [1.82, 2.24) is 4.40 Å². The average molecular weight is 712 g/mol. The van der Waals surface area contributed by atoms with Crippen LogP contribution in [-0.2, 0) is 11.8 Å². The summed E-state index contributed by atoms with van der Waals surface area (Å²) in [6, 6.07) is 45.5. The zero-order valence-corrected chi connectivity index (χ0v) is 31.4. The first-order valence-corrected chi connectivity index (χ1v) is 19.7. The van der Waals surface area contributed by atoms with Crippen molar-refractivity contribution in [2.24, 2.45) is 0 Å². The maximum atomic E-state index is 6.49. The van der Waals surface area contributed by atoms with E-state index in [0.717, 1.165) is 41.5 Å². The number of hydrogen-bond donors (Lipinski definition) is 0. The molecule has 2 atom stereocenters. The van der Waals surface area contributed by atoms with Crippen LogP contribution in [0.3, 0.4) is 0 Å². The predicted molar refractivity (Wildman–Crippen MR) is 225 cm³/mol. The lowest BCUT2D eigenvalue weighted by Crippen LogP contribution is -2.49. The first-order chi connectivity index (χ1) is 26.8. The molecule has 264 valence electrons. The van der Waals surface area contributed by atoms with Gasteiger partial charge in [-0.15, -0.1) is 0 Å². The molecule has 55 heavy (non-hydrogen) atoms. The Morgan fingerprint density at radius 3 is 2.35 bits per heavy atom. The molecule has 10 aromatic rings. The molecule has 0 saturated heterocycles. The highest BCUT2D eigenvalue weighted by atomic mass is 16.3. The van der Waals surface area contributed by atoms with E-state index >= 15 is 0 Å². The number of rotatable bonds is 0. The number of hydrogen-bond acceptors (Lipinski definition) is 1. The van der Waals surface area contributed by atoms with Crippen molar-refractivity contribution in [1.29, 1.82) is 0 Å². The fourth-order valence-corrected chi connectivity index (χ4v) is 10.4. The summed E-state index contributed by atoms with van der Waals surface area (Å²) >= 11 is 0. The Balaban J connectivity index is 1.19. The van der Waals surface area contributed by atoms with E-state index in [1.165, 1.54) is 82.7 Å². The smallest absolute Gasteiger partial charge is 0.218 e. The maximum Gasteiger partial charge on any atom is 0.218 e. The van der Waals surface area contributed by atoms with Crippen LogP contribution in [0.2, 0.25) is 0 Å². The zero-order valence-electron chi connectivity index (χ0n) is 31.4. The van der Waals surface area contributed by atoms with E-state index in [-0.39, 0.29) is 17.4 Å². The summed E-state index contributed by atoms with van der Waals surface area (Å²) in [5.74, 6) is 0.268. The third-order valence-electron chi connectivity index (χ3n) is 13.0. The summed E-state index contributed by atoms with van der Waals surface area (Å²) in [6.45, 7) is 11.8. The summed E-state index contributed by atoms with van der Waals surface area (Å²) < 4.78 is 14.0. The van der Waals surface area contributed by atoms with E-state index in [0.29, 0.717) is 0 Å². The van der Waals surface area contributed by atoms with Crippen LogP contribution in [0.4, 0.5) is 0 Å². The Morgan fingerprint density at radius 1 is 0.673 bits per heavy atom. The molecule has 0 saturated carbocycles. The molecule has 0 amide bonds. The highest BCUT2D eigenvalue weighted by molar-refractivity contribution is 6.30. The molecule has 4 nitrogen and oxygen atoms in total. The van der Waals surface area contributed by atoms with E-state index in [1.54, 1.807) is 0 Å². The van der Waals surface area contributed by atoms with Gasteiger partial charge in [0.1, 0.15) is 11.2 Å². The molecule has 2 unspecified atom stereocenters. The Morgan fingerprint density at radius 2 is 1.45 bits per heavy atom. The fourth-order valence-electron chi connectivity index (χ4n) is 10.4. The van der Waals surface area contributed by atoms with Gasteiger partial charge < -0.3 is 8.82 Å². The largest absolute Gasteiger partial charge is 0.456 e. The standard InChI is InChI=1S/C51H41N3O/c1-30-26-43-34(20-19-31-12-5-6-13-33(31)42-17-9-10-24-52(30)42)39-29-45-40(28-41(39)44-27-32(51(2,3)4)23-25-53(43)44)36-16-11-15-35-37-21-22-47-48(50(37)54(45)49(35)36)38-14-7-8-18-46(38)55-47/h5-18,21-25,27-29,34,43H,1,19-20,26H2,2-4H3/q+2. The number of nitrogens with zero attached hydrogens (tertiary/aromatic N) is 3. The summed E-state index contributed by atoms with van der Waals surface area (Å²) in [6.07, 6.45) is 7.45. The van der Waals surface area contributed by atoms with E-state index in [4.69, 9.17) is 11.0 Å². The van der Waals surface area contributed by atoms with E-state index in [2.05, 4.69) is 168 Å². The quantitative estimate of drug-likeness (QED) is 0.144. The summed E-state index contributed by atoms with van der Waals surface area (Å²) in [7, 11) is 0. The summed E-state index contributed by atoms with van der Waals surface area (Å²) in [5.41, 5.74) is 16.1. The first-order valence-electron chi connectivity index (χ1n) is 19.7. The van der Waals surface area contributed by atoms with E-state index < -0.39 is 0 Å². The second-order valence-electron chi connectivity index (χ2n) is 17.0. The lowest BCUT2D eigenvalue weighted by molar-refractivity contribution is -0.720. The summed E-state index contributed by atoms with van der Waals surface area (Å²) in [4.78, 5) is 0. The van der Waals surface area contributed by atoms with Crippen molar-refractivity contribution in [3.8, 4) is 22.5 Å². The first kappa shape index (κ1) is 31.1. The Labute approximate surface area is 319 Å². The zero-order chi connectivity index (χ0) is 36.7. The average Bonchev–Trinajstić information content (AvgIpc) is 3.86. The van der Waals surface area contributed by atoms with Gasteiger partial charge in [0.15, 0.2) is 24.1 Å². The number of pyridine rings is 2. The lowest BCUT2D eigenvalue weighted by Gasteiger charge is -2.32. The molecular formula is C51H41N3O+2. The van der Waals surface area contributed by atoms with Crippen LogP contribution in [-0.4, -0.2) is 4.40 Å². The van der Waals surface area contributed by atoms with Crippen molar-refractivity contribution in [3.05, 3.63) is 157 Å². The number of benzene rings is 5. The Bertz CT molecular complexity index is 3260. The molecule has 0 aliphatic carbocycles. The number of furan rings is 1. The minimum Gasteiger partial charge on any atom is -0.456 e. The second kappa shape index (κ2) is 10.9. The minimum atomic E-state index is 0.0172. The molecule has 0 radical (unpaired) electrons. The van der Waals surface area contributed by atoms with E-state index in [9.17, 15) is 0 Å². The van der Waals surface area contributed by atoms with E-state index in [1.807, 2.05) is 0 Å².